The maximum absolute atomic E-state index is 11.2. The molecule has 0 saturated heterocycles. The van der Waals surface area contributed by atoms with Gasteiger partial charge in [-0.3, -0.25) is 0 Å². The molecule has 1 aliphatic carbocycles. The molecule has 10 rings (SSSR count). The normalized spacial score (nSPS) is 13.4. The highest BCUT2D eigenvalue weighted by Gasteiger charge is 2.33. The van der Waals surface area contributed by atoms with Crippen molar-refractivity contribution in [2.45, 2.75) is 12.0 Å². The van der Waals surface area contributed by atoms with Crippen LogP contribution in [0, 0.1) is 0 Å². The van der Waals surface area contributed by atoms with Crippen molar-refractivity contribution < 1.29 is 58.6 Å². The minimum absolute atomic E-state index is 0.184. The van der Waals surface area contributed by atoms with E-state index in [0.29, 0.717) is 46.7 Å². The first-order chi connectivity index (χ1) is 36.9. The molecule has 374 valence electrons. The Kier molecular flexibility index (Phi) is 15.2. The van der Waals surface area contributed by atoms with E-state index in [1.165, 1.54) is 48.5 Å². The average Bonchev–Trinajstić information content (AvgIpc) is 3.46. The Labute approximate surface area is 436 Å². The van der Waals surface area contributed by atoms with E-state index < -0.39 is 29.5 Å². The molecule has 12 heteroatoms. The number of allylic oxidation sites excluding steroid dienone is 2. The van der Waals surface area contributed by atoms with Crippen molar-refractivity contribution in [2.24, 2.45) is 0 Å². The number of carboxylic acids is 4. The van der Waals surface area contributed by atoms with Gasteiger partial charge in [0, 0.05) is 12.0 Å². The van der Waals surface area contributed by atoms with Crippen LogP contribution in [0.1, 0.15) is 59.0 Å². The molecule has 9 aromatic rings. The average molecular weight is 1010 g/mol. The molecule has 0 aliphatic heterocycles. The quantitative estimate of drug-likeness (QED) is 0.0719. The van der Waals surface area contributed by atoms with Gasteiger partial charge < -0.3 is 39.4 Å². The third kappa shape index (κ3) is 12.4. The molecular weight excluding hydrogens is 961 g/mol. The summed E-state index contributed by atoms with van der Waals surface area (Å²) in [4.78, 5) is 44.6. The fraction of sp³-hybridized carbons (Fsp3) is 0.0312. The van der Waals surface area contributed by atoms with Crippen molar-refractivity contribution in [3.8, 4) is 62.5 Å². The zero-order valence-electron chi connectivity index (χ0n) is 40.4. The molecule has 4 N–H and O–H groups in total. The smallest absolute Gasteiger partial charge is 0.335 e. The number of rotatable bonds is 16. The van der Waals surface area contributed by atoms with Crippen LogP contribution in [0.4, 0.5) is 0 Å². The first kappa shape index (κ1) is 50.5. The van der Waals surface area contributed by atoms with Crippen LogP contribution in [0.2, 0.25) is 0 Å². The molecule has 0 fully saturated rings. The Hall–Kier alpha value is -10.5. The van der Waals surface area contributed by atoms with Gasteiger partial charge in [-0.25, -0.2) is 19.2 Å². The van der Waals surface area contributed by atoms with Gasteiger partial charge in [0.25, 0.3) is 0 Å². The molecule has 12 nitrogen and oxygen atoms in total. The molecule has 1 aliphatic rings. The van der Waals surface area contributed by atoms with E-state index in [-0.39, 0.29) is 22.3 Å². The monoisotopic (exact) mass is 1010 g/mol. The Morgan fingerprint density at radius 1 is 0.368 bits per heavy atom. The Morgan fingerprint density at radius 3 is 1.26 bits per heavy atom. The Balaban J connectivity index is 0.000000186. The molecule has 0 amide bonds. The summed E-state index contributed by atoms with van der Waals surface area (Å²) < 4.78 is 24.6. The van der Waals surface area contributed by atoms with Crippen molar-refractivity contribution in [1.29, 1.82) is 0 Å². The second kappa shape index (κ2) is 23.0. The zero-order valence-corrected chi connectivity index (χ0v) is 40.4. The van der Waals surface area contributed by atoms with Crippen molar-refractivity contribution in [3.05, 3.63) is 276 Å². The lowest BCUT2D eigenvalue weighted by molar-refractivity contribution is 0.0685. The number of hydrogen-bond acceptors (Lipinski definition) is 8. The van der Waals surface area contributed by atoms with Crippen molar-refractivity contribution in [1.82, 2.24) is 0 Å². The van der Waals surface area contributed by atoms with Gasteiger partial charge in [-0.1, -0.05) is 109 Å². The molecule has 1 atom stereocenters. The fourth-order valence-electron chi connectivity index (χ4n) is 8.30. The van der Waals surface area contributed by atoms with Gasteiger partial charge in [-0.15, -0.1) is 0 Å². The van der Waals surface area contributed by atoms with E-state index >= 15 is 0 Å². The minimum Gasteiger partial charge on any atom is -0.478 e. The van der Waals surface area contributed by atoms with E-state index in [1.807, 2.05) is 140 Å². The Morgan fingerprint density at radius 2 is 0.789 bits per heavy atom. The summed E-state index contributed by atoms with van der Waals surface area (Å²) in [5.74, 6) is 0.0653. The van der Waals surface area contributed by atoms with E-state index in [9.17, 15) is 29.4 Å². The van der Waals surface area contributed by atoms with Gasteiger partial charge >= 0.3 is 23.9 Å². The van der Waals surface area contributed by atoms with Gasteiger partial charge in [0.2, 0.25) is 0 Å². The van der Waals surface area contributed by atoms with Crippen molar-refractivity contribution in [2.75, 3.05) is 0 Å². The lowest BCUT2D eigenvalue weighted by Gasteiger charge is -2.34. The third-order valence-electron chi connectivity index (χ3n) is 12.2. The second-order valence-corrected chi connectivity index (χ2v) is 17.3. The predicted octanol–water partition coefficient (Wildman–Crippen LogP) is 15.2. The van der Waals surface area contributed by atoms with Crippen LogP contribution in [0.5, 0.6) is 40.2 Å². The lowest BCUT2D eigenvalue weighted by atomic mass is 9.84. The molecule has 1 unspecified atom stereocenters. The summed E-state index contributed by atoms with van der Waals surface area (Å²) in [5.41, 5.74) is 6.65. The summed E-state index contributed by atoms with van der Waals surface area (Å²) in [7, 11) is 0. The maximum Gasteiger partial charge on any atom is 0.335 e. The van der Waals surface area contributed by atoms with Gasteiger partial charge in [-0.2, -0.15) is 0 Å². The molecule has 0 spiro atoms. The highest BCUT2D eigenvalue weighted by molar-refractivity contribution is 5.89. The molecule has 0 saturated carbocycles. The summed E-state index contributed by atoms with van der Waals surface area (Å²) in [5, 5.41) is 36.6. The zero-order chi connectivity index (χ0) is 53.0. The molecule has 0 radical (unpaired) electrons. The first-order valence-corrected chi connectivity index (χ1v) is 23.8. The summed E-state index contributed by atoms with van der Waals surface area (Å²) >= 11 is 0. The van der Waals surface area contributed by atoms with Crippen LogP contribution in [0.25, 0.3) is 27.8 Å². The van der Waals surface area contributed by atoms with Crippen LogP contribution < -0.4 is 18.9 Å². The van der Waals surface area contributed by atoms with Crippen LogP contribution in [-0.2, 0) is 5.60 Å². The highest BCUT2D eigenvalue weighted by atomic mass is 16.5. The standard InChI is InChI=1S/C32H24O6.C32H22O6/c33-30(34)23-9-13-27(14-10-23)37-29-8-4-5-25(21-29)22-17-19-32(20-18-22,26-6-2-1-3-7-26)38-28-15-11-24(12-16-28)31(35)36;33-31(34)22-9-14-26(15-10-22)37-28-8-4-7-24(19-28)25-13-18-29(21-5-2-1-3-6-21)30(20-25)38-27-16-11-23(12-17-27)32(35)36/h1-19,21H,20H2,(H,33,34)(H,35,36);1-20H,(H,33,34)(H,35,36). The van der Waals surface area contributed by atoms with E-state index in [4.69, 9.17) is 29.2 Å². The number of ether oxygens (including phenoxy) is 4. The fourth-order valence-corrected chi connectivity index (χ4v) is 8.30. The first-order valence-electron chi connectivity index (χ1n) is 23.8. The minimum atomic E-state index is -0.997. The van der Waals surface area contributed by atoms with Gasteiger partial charge in [-0.05, 0) is 167 Å². The summed E-state index contributed by atoms with van der Waals surface area (Å²) in [6, 6.07) is 66.1. The third-order valence-corrected chi connectivity index (χ3v) is 12.2. The van der Waals surface area contributed by atoms with Crippen LogP contribution in [0.15, 0.2) is 243 Å². The predicted molar refractivity (Wildman–Crippen MR) is 288 cm³/mol. The molecule has 9 aromatic carbocycles. The number of carbonyl (C=O) groups is 4. The molecule has 0 aromatic heterocycles. The number of hydrogen-bond donors (Lipinski definition) is 4. The van der Waals surface area contributed by atoms with Crippen molar-refractivity contribution in [3.63, 3.8) is 0 Å². The van der Waals surface area contributed by atoms with Gasteiger partial charge in [0.05, 0.1) is 22.3 Å². The maximum atomic E-state index is 11.2. The molecule has 0 bridgehead atoms. The Bertz CT molecular complexity index is 3590. The topological polar surface area (TPSA) is 186 Å². The lowest BCUT2D eigenvalue weighted by Crippen LogP contribution is -2.31. The molecular formula is C64H46O12. The second-order valence-electron chi connectivity index (χ2n) is 17.3. The van der Waals surface area contributed by atoms with Gasteiger partial charge in [0.1, 0.15) is 40.2 Å². The highest BCUT2D eigenvalue weighted by Crippen LogP contribution is 2.41. The van der Waals surface area contributed by atoms with Crippen molar-refractivity contribution >= 4 is 29.5 Å². The van der Waals surface area contributed by atoms with Crippen LogP contribution in [0.3, 0.4) is 0 Å². The van der Waals surface area contributed by atoms with E-state index in [2.05, 4.69) is 6.08 Å². The SMILES string of the molecule is O=C(O)c1ccc(Oc2cccc(-c3ccc(-c4ccccc4)c(Oc4ccc(C(=O)O)cc4)c3)c2)cc1.O=C(O)c1ccc(Oc2cccc(C3=CCC(Oc4ccc(C(=O)O)cc4)(c4ccccc4)C=C3)c2)cc1. The van der Waals surface area contributed by atoms with E-state index in [1.54, 1.807) is 48.5 Å². The molecule has 76 heavy (non-hydrogen) atoms. The van der Waals surface area contributed by atoms with E-state index in [0.717, 1.165) is 39.0 Å². The van der Waals surface area contributed by atoms with Gasteiger partial charge in [0.15, 0.2) is 5.60 Å². The number of benzene rings is 9. The van der Waals surface area contributed by atoms with Crippen LogP contribution >= 0.6 is 0 Å². The summed E-state index contributed by atoms with van der Waals surface area (Å²) in [6.45, 7) is 0. The number of carboxylic acid groups (broad SMARTS) is 4. The number of aromatic carboxylic acids is 4. The molecule has 0 heterocycles. The van der Waals surface area contributed by atoms with Crippen LogP contribution in [-0.4, -0.2) is 44.3 Å². The largest absolute Gasteiger partial charge is 0.478 e. The summed E-state index contributed by atoms with van der Waals surface area (Å²) in [6.07, 6.45) is 6.72.